The number of hydrogen-bond acceptors (Lipinski definition) is 4. The molecule has 0 aromatic heterocycles. The van der Waals surface area contributed by atoms with Crippen LogP contribution in [0.2, 0.25) is 5.02 Å². The van der Waals surface area contributed by atoms with Gasteiger partial charge in [-0.1, -0.05) is 33.6 Å². The van der Waals surface area contributed by atoms with Crippen LogP contribution >= 0.6 is 27.5 Å². The number of piperazine rings is 1. The van der Waals surface area contributed by atoms with Gasteiger partial charge in [0, 0.05) is 54.5 Å². The van der Waals surface area contributed by atoms with E-state index in [2.05, 4.69) is 20.8 Å². The van der Waals surface area contributed by atoms with Crippen molar-refractivity contribution in [2.24, 2.45) is 5.92 Å². The summed E-state index contributed by atoms with van der Waals surface area (Å²) in [6, 6.07) is 14.4. The Kier molecular flexibility index (Phi) is 6.91. The van der Waals surface area contributed by atoms with Crippen LogP contribution < -0.4 is 4.90 Å². The summed E-state index contributed by atoms with van der Waals surface area (Å²) in [5, 5.41) is 0.699. The molecule has 166 valence electrons. The molecular formula is C22H25BrClN3O3S. The van der Waals surface area contributed by atoms with Gasteiger partial charge in [0.2, 0.25) is 15.9 Å². The van der Waals surface area contributed by atoms with Crippen molar-refractivity contribution in [2.45, 2.75) is 17.7 Å². The van der Waals surface area contributed by atoms with Crippen LogP contribution in [-0.2, 0) is 14.8 Å². The molecule has 2 aliphatic heterocycles. The first kappa shape index (κ1) is 22.6. The molecule has 9 heteroatoms. The molecule has 0 saturated carbocycles. The lowest BCUT2D eigenvalue weighted by atomic mass is 9.97. The fourth-order valence-corrected chi connectivity index (χ4v) is 6.21. The number of carbonyl (C=O) groups excluding carboxylic acids is 1. The Morgan fingerprint density at radius 1 is 1.00 bits per heavy atom. The molecule has 2 aromatic carbocycles. The molecule has 4 rings (SSSR count). The van der Waals surface area contributed by atoms with Crippen molar-refractivity contribution in [2.75, 3.05) is 44.2 Å². The molecule has 1 amide bonds. The van der Waals surface area contributed by atoms with Gasteiger partial charge in [0.25, 0.3) is 0 Å². The van der Waals surface area contributed by atoms with Crippen molar-refractivity contribution < 1.29 is 13.2 Å². The number of carbonyl (C=O) groups is 1. The van der Waals surface area contributed by atoms with Gasteiger partial charge >= 0.3 is 0 Å². The normalized spacial score (nSPS) is 20.6. The first-order valence-electron chi connectivity index (χ1n) is 10.4. The number of piperidine rings is 1. The second-order valence-corrected chi connectivity index (χ2v) is 11.2. The van der Waals surface area contributed by atoms with Crippen molar-refractivity contribution in [3.8, 4) is 0 Å². The van der Waals surface area contributed by atoms with Crippen molar-refractivity contribution in [3.05, 3.63) is 58.0 Å². The predicted octanol–water partition coefficient (Wildman–Crippen LogP) is 3.85. The number of benzene rings is 2. The van der Waals surface area contributed by atoms with Crippen LogP contribution in [-0.4, -0.2) is 62.8 Å². The molecule has 2 aliphatic rings. The maximum atomic E-state index is 13.2. The van der Waals surface area contributed by atoms with E-state index in [1.807, 2.05) is 29.2 Å². The number of sulfonamides is 1. The van der Waals surface area contributed by atoms with Crippen LogP contribution in [0.4, 0.5) is 5.69 Å². The number of nitrogens with zero attached hydrogens (tertiary/aromatic N) is 3. The fourth-order valence-electron chi connectivity index (χ4n) is 4.23. The molecule has 0 aliphatic carbocycles. The maximum absolute atomic E-state index is 13.2. The van der Waals surface area contributed by atoms with Crippen molar-refractivity contribution in [1.82, 2.24) is 9.21 Å². The molecule has 1 atom stereocenters. The fraction of sp³-hybridized carbons (Fsp3) is 0.409. The van der Waals surface area contributed by atoms with Crippen LogP contribution in [0.3, 0.4) is 0 Å². The zero-order chi connectivity index (χ0) is 22.0. The van der Waals surface area contributed by atoms with Gasteiger partial charge < -0.3 is 9.80 Å². The van der Waals surface area contributed by atoms with Crippen LogP contribution in [0, 0.1) is 5.92 Å². The number of anilines is 1. The summed E-state index contributed by atoms with van der Waals surface area (Å²) in [6.45, 7) is 3.42. The number of halogens is 2. The first-order chi connectivity index (χ1) is 14.8. The summed E-state index contributed by atoms with van der Waals surface area (Å²) in [7, 11) is -3.60. The highest BCUT2D eigenvalue weighted by Gasteiger charge is 2.35. The van der Waals surface area contributed by atoms with Crippen LogP contribution in [0.5, 0.6) is 0 Å². The van der Waals surface area contributed by atoms with E-state index in [9.17, 15) is 13.2 Å². The summed E-state index contributed by atoms with van der Waals surface area (Å²) in [6.07, 6.45) is 1.41. The molecule has 0 spiro atoms. The maximum Gasteiger partial charge on any atom is 0.243 e. The molecule has 2 fully saturated rings. The lowest BCUT2D eigenvalue weighted by Crippen LogP contribution is -2.53. The van der Waals surface area contributed by atoms with Crippen molar-refractivity contribution in [1.29, 1.82) is 0 Å². The van der Waals surface area contributed by atoms with Crippen molar-refractivity contribution in [3.63, 3.8) is 0 Å². The Morgan fingerprint density at radius 3 is 2.39 bits per heavy atom. The summed E-state index contributed by atoms with van der Waals surface area (Å²) in [5.41, 5.74) is 1.06. The second-order valence-electron chi connectivity index (χ2n) is 7.95. The smallest absolute Gasteiger partial charge is 0.243 e. The molecule has 0 radical (unpaired) electrons. The highest BCUT2D eigenvalue weighted by Crippen LogP contribution is 2.27. The molecular weight excluding hydrogens is 502 g/mol. The Bertz CT molecular complexity index is 1040. The first-order valence-corrected chi connectivity index (χ1v) is 13.0. The molecule has 2 saturated heterocycles. The van der Waals surface area contributed by atoms with Gasteiger partial charge in [0.05, 0.1) is 10.8 Å². The van der Waals surface area contributed by atoms with Gasteiger partial charge in [-0.25, -0.2) is 8.42 Å². The van der Waals surface area contributed by atoms with Gasteiger partial charge in [-0.15, -0.1) is 0 Å². The monoisotopic (exact) mass is 525 g/mol. The van der Waals surface area contributed by atoms with E-state index in [-0.39, 0.29) is 23.3 Å². The van der Waals surface area contributed by atoms with E-state index in [0.717, 1.165) is 29.7 Å². The third-order valence-electron chi connectivity index (χ3n) is 5.95. The molecule has 0 unspecified atom stereocenters. The molecule has 2 aromatic rings. The topological polar surface area (TPSA) is 60.9 Å². The molecule has 0 bridgehead atoms. The number of amides is 1. The minimum absolute atomic E-state index is 0.0569. The van der Waals surface area contributed by atoms with E-state index < -0.39 is 10.0 Å². The molecule has 2 heterocycles. The zero-order valence-electron chi connectivity index (χ0n) is 17.1. The van der Waals surface area contributed by atoms with Gasteiger partial charge in [0.1, 0.15) is 0 Å². The van der Waals surface area contributed by atoms with Gasteiger partial charge in [-0.2, -0.15) is 4.31 Å². The van der Waals surface area contributed by atoms with E-state index in [1.165, 1.54) is 4.31 Å². The minimum atomic E-state index is -3.60. The Labute approximate surface area is 196 Å². The second kappa shape index (κ2) is 9.48. The number of hydrogen-bond donors (Lipinski definition) is 0. The summed E-state index contributed by atoms with van der Waals surface area (Å²) in [5.74, 6) is -0.238. The molecule has 31 heavy (non-hydrogen) atoms. The highest BCUT2D eigenvalue weighted by molar-refractivity contribution is 9.10. The largest absolute Gasteiger partial charge is 0.368 e. The van der Waals surface area contributed by atoms with Gasteiger partial charge in [-0.05, 0) is 55.3 Å². The van der Waals surface area contributed by atoms with Gasteiger partial charge in [-0.3, -0.25) is 4.79 Å². The SMILES string of the molecule is O=C([C@H]1CCCN(S(=O)(=O)c2ccc(Br)cc2)C1)N1CCN(c2cccc(Cl)c2)CC1. The predicted molar refractivity (Wildman–Crippen MR) is 126 cm³/mol. The third-order valence-corrected chi connectivity index (χ3v) is 8.59. The zero-order valence-corrected chi connectivity index (χ0v) is 20.2. The third kappa shape index (κ3) is 5.08. The molecule has 0 N–H and O–H groups in total. The Balaban J connectivity index is 1.38. The lowest BCUT2D eigenvalue weighted by molar-refractivity contribution is -0.137. The number of rotatable bonds is 4. The highest BCUT2D eigenvalue weighted by atomic mass is 79.9. The lowest BCUT2D eigenvalue weighted by Gasteiger charge is -2.39. The van der Waals surface area contributed by atoms with E-state index >= 15 is 0 Å². The standard InChI is InChI=1S/C22H25BrClN3O3S/c23-18-6-8-21(9-7-18)31(29,30)27-10-2-3-17(16-27)22(28)26-13-11-25(12-14-26)20-5-1-4-19(24)15-20/h1,4-9,15,17H,2-3,10-14,16H2/t17-/m0/s1. The van der Waals surface area contributed by atoms with Crippen LogP contribution in [0.15, 0.2) is 57.9 Å². The summed E-state index contributed by atoms with van der Waals surface area (Å²) < 4.78 is 28.4. The molecule has 6 nitrogen and oxygen atoms in total. The van der Waals surface area contributed by atoms with E-state index in [0.29, 0.717) is 31.1 Å². The van der Waals surface area contributed by atoms with Crippen LogP contribution in [0.1, 0.15) is 12.8 Å². The minimum Gasteiger partial charge on any atom is -0.368 e. The van der Waals surface area contributed by atoms with E-state index in [4.69, 9.17) is 11.6 Å². The van der Waals surface area contributed by atoms with Crippen molar-refractivity contribution >= 4 is 49.1 Å². The quantitative estimate of drug-likeness (QED) is 0.607. The average molecular weight is 527 g/mol. The Morgan fingerprint density at radius 2 is 1.71 bits per heavy atom. The van der Waals surface area contributed by atoms with E-state index in [1.54, 1.807) is 24.3 Å². The van der Waals surface area contributed by atoms with Crippen LogP contribution in [0.25, 0.3) is 0 Å². The average Bonchev–Trinajstić information content (AvgIpc) is 2.79. The summed E-state index contributed by atoms with van der Waals surface area (Å²) in [4.78, 5) is 17.5. The Hall–Kier alpha value is -1.61. The van der Waals surface area contributed by atoms with Gasteiger partial charge in [0.15, 0.2) is 0 Å². The summed E-state index contributed by atoms with van der Waals surface area (Å²) >= 11 is 9.43.